The second kappa shape index (κ2) is 22.8. The van der Waals surface area contributed by atoms with Gasteiger partial charge in [-0.05, 0) is 117 Å². The van der Waals surface area contributed by atoms with Gasteiger partial charge in [0.25, 0.3) is 0 Å². The van der Waals surface area contributed by atoms with E-state index in [1.54, 1.807) is 93.8 Å². The maximum Gasteiger partial charge on any atom is 0.404 e. The number of rotatable bonds is 23. The van der Waals surface area contributed by atoms with Crippen molar-refractivity contribution < 1.29 is 50.8 Å². The summed E-state index contributed by atoms with van der Waals surface area (Å²) in [5.41, 5.74) is 1.47. The van der Waals surface area contributed by atoms with E-state index in [4.69, 9.17) is 14.2 Å². The molecule has 0 fully saturated rings. The number of methoxy groups -OCH3 is 3. The van der Waals surface area contributed by atoms with Gasteiger partial charge >= 0.3 is 12.2 Å². The van der Waals surface area contributed by atoms with Crippen LogP contribution < -0.4 is 29.6 Å². The number of hydrogen-bond acceptors (Lipinski definition) is 12. The number of aromatic nitrogens is 4. The van der Waals surface area contributed by atoms with Crippen molar-refractivity contribution in [2.75, 3.05) is 27.9 Å². The smallest absolute Gasteiger partial charge is 0.404 e. The number of nitrogens with zero attached hydrogens (tertiary/aromatic N) is 5. The standard InChI is InChI=1S/C47H53IN8O11S2/c1-47(2,26-25-31-9-7-6-8-10-31)43(39(50-46(59)60)27-49-45(57)58)53-68(61,62)40-24-23-38(48)41(44-51-54-56(52-44)30-34-15-21-37(67-5)22-16-34)42(40)69(63,64)55(28-32-11-17-35(65-3)18-12-32)29-33-13-19-36(66-4)20-14-33/h6-24,39,43,49-50,53H,25-30H2,1-5H3,(H,57,58)(H,59,60). The zero-order chi connectivity index (χ0) is 49.9. The van der Waals surface area contributed by atoms with E-state index in [0.29, 0.717) is 34.8 Å². The number of carbonyl (C=O) groups is 2. The minimum atomic E-state index is -5.05. The Morgan fingerprint density at radius 2 is 1.28 bits per heavy atom. The van der Waals surface area contributed by atoms with Crippen LogP contribution in [0.1, 0.15) is 42.5 Å². The van der Waals surface area contributed by atoms with Crippen molar-refractivity contribution in [3.05, 3.63) is 141 Å². The number of carboxylic acid groups (broad SMARTS) is 2. The van der Waals surface area contributed by atoms with Gasteiger partial charge < -0.3 is 35.1 Å². The van der Waals surface area contributed by atoms with Crippen molar-refractivity contribution >= 4 is 54.8 Å². The Kier molecular flexibility index (Phi) is 17.2. The highest BCUT2D eigenvalue weighted by Crippen LogP contribution is 2.39. The molecule has 2 unspecified atom stereocenters. The van der Waals surface area contributed by atoms with Crippen molar-refractivity contribution in [3.63, 3.8) is 0 Å². The molecule has 1 heterocycles. The van der Waals surface area contributed by atoms with Crippen LogP contribution in [0.4, 0.5) is 9.59 Å². The van der Waals surface area contributed by atoms with Gasteiger partial charge in [0.1, 0.15) is 27.0 Å². The molecule has 0 saturated carbocycles. The number of tetrazole rings is 1. The van der Waals surface area contributed by atoms with Gasteiger partial charge in [-0.15, -0.1) is 10.2 Å². The number of nitrogens with one attached hydrogen (secondary N) is 3. The first-order valence-corrected chi connectivity index (χ1v) is 25.4. The molecule has 0 bridgehead atoms. The summed E-state index contributed by atoms with van der Waals surface area (Å²) in [6.07, 6.45) is -2.33. The minimum Gasteiger partial charge on any atom is -0.497 e. The quantitative estimate of drug-likeness (QED) is 0.0423. The molecule has 2 atom stereocenters. The molecule has 2 amide bonds. The Hall–Kier alpha value is -6.34. The molecule has 6 rings (SSSR count). The average Bonchev–Trinajstić information content (AvgIpc) is 3.79. The fourth-order valence-corrected chi connectivity index (χ4v) is 12.4. The summed E-state index contributed by atoms with van der Waals surface area (Å²) in [4.78, 5) is 24.0. The Balaban J connectivity index is 1.56. The van der Waals surface area contributed by atoms with Crippen LogP contribution in [0.3, 0.4) is 0 Å². The Bertz CT molecular complexity index is 2880. The highest BCUT2D eigenvalue weighted by molar-refractivity contribution is 14.1. The van der Waals surface area contributed by atoms with Crippen molar-refractivity contribution in [3.8, 4) is 28.6 Å². The molecule has 0 radical (unpaired) electrons. The van der Waals surface area contributed by atoms with Gasteiger partial charge in [-0.1, -0.05) is 80.6 Å². The van der Waals surface area contributed by atoms with Crippen LogP contribution >= 0.6 is 22.6 Å². The number of aryl methyl sites for hydroxylation is 1. The number of benzene rings is 5. The van der Waals surface area contributed by atoms with Gasteiger partial charge in [0.05, 0.1) is 39.5 Å². The Labute approximate surface area is 414 Å². The maximum atomic E-state index is 15.9. The summed E-state index contributed by atoms with van der Waals surface area (Å²) in [7, 11) is -5.46. The van der Waals surface area contributed by atoms with Crippen molar-refractivity contribution in [1.29, 1.82) is 0 Å². The number of hydrogen-bond donors (Lipinski definition) is 5. The molecule has 0 spiro atoms. The van der Waals surface area contributed by atoms with E-state index in [2.05, 4.69) is 30.8 Å². The second-order valence-electron chi connectivity index (χ2n) is 16.5. The SMILES string of the molecule is COc1ccc(CN(Cc2ccc(OC)cc2)S(=O)(=O)c2c(S(=O)(=O)NC(C(CNC(=O)O)NC(=O)O)C(C)(C)CCc3ccccc3)ccc(I)c2-c2nnn(Cc3ccc(OC)cc3)n2)cc1. The van der Waals surface area contributed by atoms with Crippen LogP contribution in [0.15, 0.2) is 125 Å². The monoisotopic (exact) mass is 1100 g/mol. The minimum absolute atomic E-state index is 0.109. The van der Waals surface area contributed by atoms with Crippen LogP contribution in [0, 0.1) is 8.99 Å². The average molecular weight is 1100 g/mol. The van der Waals surface area contributed by atoms with Gasteiger partial charge in [-0.25, -0.2) is 31.1 Å². The summed E-state index contributed by atoms with van der Waals surface area (Å²) >= 11 is 1.90. The van der Waals surface area contributed by atoms with Gasteiger partial charge in [-0.3, -0.25) is 0 Å². The molecular weight excluding hydrogens is 1040 g/mol. The zero-order valence-electron chi connectivity index (χ0n) is 38.4. The molecule has 22 heteroatoms. The van der Waals surface area contributed by atoms with Crippen molar-refractivity contribution in [1.82, 2.24) is 39.9 Å². The van der Waals surface area contributed by atoms with E-state index in [1.165, 1.54) is 25.1 Å². The third-order valence-electron chi connectivity index (χ3n) is 11.4. The van der Waals surface area contributed by atoms with Crippen molar-refractivity contribution in [2.24, 2.45) is 5.41 Å². The lowest BCUT2D eigenvalue weighted by molar-refractivity contribution is 0.159. The molecule has 69 heavy (non-hydrogen) atoms. The predicted octanol–water partition coefficient (Wildman–Crippen LogP) is 6.62. The van der Waals surface area contributed by atoms with Crippen LogP contribution in [0.25, 0.3) is 11.4 Å². The van der Waals surface area contributed by atoms with E-state index in [1.807, 2.05) is 52.9 Å². The van der Waals surface area contributed by atoms with E-state index in [-0.39, 0.29) is 41.0 Å². The normalized spacial score (nSPS) is 12.8. The van der Waals surface area contributed by atoms with E-state index >= 15 is 16.8 Å². The Morgan fingerprint density at radius 3 is 1.78 bits per heavy atom. The number of halogens is 1. The molecule has 5 aromatic carbocycles. The third-order valence-corrected chi connectivity index (χ3v) is 15.8. The third kappa shape index (κ3) is 13.5. The second-order valence-corrected chi connectivity index (χ2v) is 21.2. The molecule has 1 aromatic heterocycles. The van der Waals surface area contributed by atoms with Crippen molar-refractivity contribution in [2.45, 2.75) is 68.2 Å². The number of ether oxygens (including phenoxy) is 3. The summed E-state index contributed by atoms with van der Waals surface area (Å²) in [5, 5.41) is 37.2. The van der Waals surface area contributed by atoms with E-state index < -0.39 is 66.1 Å². The number of amides is 2. The first-order valence-electron chi connectivity index (χ1n) is 21.4. The van der Waals surface area contributed by atoms with Crippen LogP contribution in [-0.4, -0.2) is 104 Å². The molecule has 0 saturated heterocycles. The number of sulfonamides is 2. The van der Waals surface area contributed by atoms with Gasteiger partial charge in [0.15, 0.2) is 0 Å². The first kappa shape index (κ1) is 52.0. The van der Waals surface area contributed by atoms with Gasteiger partial charge in [0.2, 0.25) is 25.9 Å². The first-order chi connectivity index (χ1) is 32.8. The maximum absolute atomic E-state index is 15.9. The lowest BCUT2D eigenvalue weighted by atomic mass is 9.76. The van der Waals surface area contributed by atoms with Crippen LogP contribution in [0.5, 0.6) is 17.2 Å². The van der Waals surface area contributed by atoms with Crippen LogP contribution in [-0.2, 0) is 46.1 Å². The summed E-state index contributed by atoms with van der Waals surface area (Å²) in [6.45, 7) is 2.51. The highest BCUT2D eigenvalue weighted by Gasteiger charge is 2.43. The summed E-state index contributed by atoms with van der Waals surface area (Å²) in [5.74, 6) is 1.48. The molecule has 0 aliphatic heterocycles. The van der Waals surface area contributed by atoms with Crippen LogP contribution in [0.2, 0.25) is 0 Å². The van der Waals surface area contributed by atoms with E-state index in [0.717, 1.165) is 21.5 Å². The molecule has 6 aromatic rings. The fraction of sp³-hybridized carbons (Fsp3) is 0.298. The summed E-state index contributed by atoms with van der Waals surface area (Å²) < 4.78 is 82.7. The predicted molar refractivity (Wildman–Crippen MR) is 264 cm³/mol. The molecular formula is C47H53IN8O11S2. The molecule has 366 valence electrons. The zero-order valence-corrected chi connectivity index (χ0v) is 42.2. The van der Waals surface area contributed by atoms with E-state index in [9.17, 15) is 19.8 Å². The highest BCUT2D eigenvalue weighted by atomic mass is 127. The summed E-state index contributed by atoms with van der Waals surface area (Å²) in [6, 6.07) is 29.7. The Morgan fingerprint density at radius 1 is 0.739 bits per heavy atom. The van der Waals surface area contributed by atoms with Gasteiger partial charge in [0, 0.05) is 29.2 Å². The largest absolute Gasteiger partial charge is 0.497 e. The lowest BCUT2D eigenvalue weighted by Crippen LogP contribution is -2.61. The molecule has 0 aliphatic carbocycles. The molecule has 5 N–H and O–H groups in total. The van der Waals surface area contributed by atoms with Gasteiger partial charge in [-0.2, -0.15) is 9.10 Å². The lowest BCUT2D eigenvalue weighted by Gasteiger charge is -2.40. The molecule has 19 nitrogen and oxygen atoms in total. The molecule has 0 aliphatic rings. The topological polar surface area (TPSA) is 253 Å². The fourth-order valence-electron chi connectivity index (χ4n) is 7.64.